The van der Waals surface area contributed by atoms with Crippen molar-refractivity contribution in [3.8, 4) is 0 Å². The Bertz CT molecular complexity index is 693. The van der Waals surface area contributed by atoms with Gasteiger partial charge in [-0.05, 0) is 11.1 Å². The summed E-state index contributed by atoms with van der Waals surface area (Å²) in [5.41, 5.74) is 1.79. The minimum absolute atomic E-state index is 0.132. The maximum absolute atomic E-state index is 9.35. The molecule has 0 aliphatic carbocycles. The Kier molecular flexibility index (Phi) is 18.4. The number of aliphatic hydroxyl groups excluding tert-OH is 1. The second-order valence-electron chi connectivity index (χ2n) is 6.51. The molecule has 1 aromatic rings. The van der Waals surface area contributed by atoms with Gasteiger partial charge < -0.3 is 38.3 Å². The van der Waals surface area contributed by atoms with Crippen LogP contribution in [0.4, 0.5) is 0 Å². The van der Waals surface area contributed by atoms with Gasteiger partial charge in [0.25, 0.3) is 0 Å². The Hall–Kier alpha value is -2.52. The number of diazo groups is 1. The van der Waals surface area contributed by atoms with Crippen molar-refractivity contribution in [3.05, 3.63) is 65.2 Å². The SMILES string of the molecule is C=CCOCCOCCOCCOCCOCCOCc1ccccc1CO/C(O)=C\[N+]#N. The molecule has 0 spiro atoms. The summed E-state index contributed by atoms with van der Waals surface area (Å²) in [6.45, 7) is 9.61. The predicted octanol–water partition coefficient (Wildman–Crippen LogP) is 3.20. The van der Waals surface area contributed by atoms with Crippen molar-refractivity contribution in [2.24, 2.45) is 0 Å². The van der Waals surface area contributed by atoms with Gasteiger partial charge in [0.15, 0.2) is 4.98 Å². The van der Waals surface area contributed by atoms with Gasteiger partial charge in [-0.25, -0.2) is 0 Å². The highest BCUT2D eigenvalue weighted by Gasteiger charge is 2.06. The van der Waals surface area contributed by atoms with Crippen LogP contribution in [-0.4, -0.2) is 77.8 Å². The molecule has 0 aromatic heterocycles. The van der Waals surface area contributed by atoms with Crippen LogP contribution in [-0.2, 0) is 46.4 Å². The number of rotatable bonds is 22. The Morgan fingerprint density at radius 1 is 0.758 bits per heavy atom. The summed E-state index contributed by atoms with van der Waals surface area (Å²) in [4.78, 5) is 2.70. The van der Waals surface area contributed by atoms with Gasteiger partial charge in [0.1, 0.15) is 6.61 Å². The second-order valence-corrected chi connectivity index (χ2v) is 6.51. The van der Waals surface area contributed by atoms with E-state index in [-0.39, 0.29) is 6.61 Å². The highest BCUT2D eigenvalue weighted by atomic mass is 16.6. The van der Waals surface area contributed by atoms with E-state index in [1.807, 2.05) is 24.3 Å². The normalized spacial score (nSPS) is 11.3. The van der Waals surface area contributed by atoms with Gasteiger partial charge in [-0.15, -0.1) is 6.58 Å². The van der Waals surface area contributed by atoms with E-state index in [0.717, 1.165) is 17.3 Å². The van der Waals surface area contributed by atoms with E-state index >= 15 is 0 Å². The van der Waals surface area contributed by atoms with Crippen molar-refractivity contribution < 1.29 is 38.3 Å². The first-order valence-electron chi connectivity index (χ1n) is 10.8. The lowest BCUT2D eigenvalue weighted by molar-refractivity contribution is -0.0168. The number of hydrogen-bond acceptors (Lipinski definition) is 9. The van der Waals surface area contributed by atoms with E-state index in [1.165, 1.54) is 0 Å². The fraction of sp³-hybridized carbons (Fsp3) is 0.565. The van der Waals surface area contributed by atoms with Crippen LogP contribution in [0.3, 0.4) is 0 Å². The summed E-state index contributed by atoms with van der Waals surface area (Å²) in [7, 11) is 0. The van der Waals surface area contributed by atoms with E-state index in [2.05, 4.69) is 11.6 Å². The maximum Gasteiger partial charge on any atom is 0.429 e. The van der Waals surface area contributed by atoms with Crippen molar-refractivity contribution >= 4 is 0 Å². The molecule has 0 heterocycles. The largest absolute Gasteiger partial charge is 0.476 e. The van der Waals surface area contributed by atoms with Crippen molar-refractivity contribution in [3.63, 3.8) is 0 Å². The fourth-order valence-electron chi connectivity index (χ4n) is 2.42. The zero-order valence-electron chi connectivity index (χ0n) is 19.1. The molecule has 0 aliphatic heterocycles. The molecule has 1 aromatic carbocycles. The van der Waals surface area contributed by atoms with E-state index in [0.29, 0.717) is 79.3 Å². The summed E-state index contributed by atoms with van der Waals surface area (Å²) in [5.74, 6) is -0.467. The summed E-state index contributed by atoms with van der Waals surface area (Å²) >= 11 is 0. The van der Waals surface area contributed by atoms with Crippen LogP contribution in [0.15, 0.2) is 49.1 Å². The number of nitrogens with zero attached hydrogens (tertiary/aromatic N) is 2. The van der Waals surface area contributed by atoms with E-state index < -0.39 is 5.95 Å². The van der Waals surface area contributed by atoms with Crippen LogP contribution in [0.5, 0.6) is 0 Å². The van der Waals surface area contributed by atoms with Crippen molar-refractivity contribution in [2.75, 3.05) is 72.7 Å². The van der Waals surface area contributed by atoms with Gasteiger partial charge in [0.05, 0.1) is 79.3 Å². The van der Waals surface area contributed by atoms with Crippen molar-refractivity contribution in [2.45, 2.75) is 13.2 Å². The highest BCUT2D eigenvalue weighted by Crippen LogP contribution is 2.13. The number of benzene rings is 1. The topological polar surface area (TPSA) is 113 Å². The third-order valence-corrected chi connectivity index (χ3v) is 4.02. The Morgan fingerprint density at radius 2 is 1.21 bits per heavy atom. The molecule has 0 amide bonds. The van der Waals surface area contributed by atoms with Gasteiger partial charge in [-0.3, -0.25) is 0 Å². The molecule has 0 aliphatic rings. The summed E-state index contributed by atoms with van der Waals surface area (Å²) in [6, 6.07) is 7.54. The Balaban J connectivity index is 1.92. The predicted molar refractivity (Wildman–Crippen MR) is 121 cm³/mol. The first-order valence-corrected chi connectivity index (χ1v) is 10.8. The van der Waals surface area contributed by atoms with Crippen LogP contribution in [0.1, 0.15) is 11.1 Å². The second kappa shape index (κ2) is 21.3. The van der Waals surface area contributed by atoms with Gasteiger partial charge in [0.2, 0.25) is 5.39 Å². The smallest absolute Gasteiger partial charge is 0.429 e. The van der Waals surface area contributed by atoms with Crippen LogP contribution >= 0.6 is 0 Å². The van der Waals surface area contributed by atoms with Gasteiger partial charge in [-0.2, -0.15) is 0 Å². The first-order chi connectivity index (χ1) is 16.3. The van der Waals surface area contributed by atoms with Gasteiger partial charge in [0, 0.05) is 0 Å². The third kappa shape index (κ3) is 16.7. The Morgan fingerprint density at radius 3 is 1.70 bits per heavy atom. The van der Waals surface area contributed by atoms with Crippen LogP contribution in [0, 0.1) is 5.39 Å². The average molecular weight is 468 g/mol. The van der Waals surface area contributed by atoms with E-state index in [9.17, 15) is 5.11 Å². The molecule has 0 radical (unpaired) electrons. The summed E-state index contributed by atoms with van der Waals surface area (Å²) < 4.78 is 37.6. The molecular formula is C23H35N2O8+. The fourth-order valence-corrected chi connectivity index (χ4v) is 2.42. The number of aliphatic hydroxyl groups is 1. The molecule has 0 saturated carbocycles. The van der Waals surface area contributed by atoms with Gasteiger partial charge in [-0.1, -0.05) is 30.3 Å². The minimum atomic E-state index is -0.467. The van der Waals surface area contributed by atoms with E-state index in [1.54, 1.807) is 6.08 Å². The zero-order chi connectivity index (χ0) is 23.8. The molecule has 0 unspecified atom stereocenters. The number of hydrogen-bond donors (Lipinski definition) is 1. The molecule has 10 heteroatoms. The van der Waals surface area contributed by atoms with Crippen LogP contribution in [0.25, 0.3) is 4.98 Å². The average Bonchev–Trinajstić information content (AvgIpc) is 2.83. The Labute approximate surface area is 195 Å². The standard InChI is InChI=1S/C23H34N2O8/c1-2-7-27-8-9-28-10-11-29-12-13-30-14-15-31-16-17-32-19-21-5-3-4-6-22(21)20-33-23(26)18-25-24/h2-6,18H,1,7-17,19-20H2/p+1/b23-18-. The molecule has 184 valence electrons. The zero-order valence-corrected chi connectivity index (χ0v) is 19.1. The van der Waals surface area contributed by atoms with Crippen molar-refractivity contribution in [1.82, 2.24) is 0 Å². The molecule has 0 saturated heterocycles. The molecule has 1 N–H and O–H groups in total. The van der Waals surface area contributed by atoms with Gasteiger partial charge >= 0.3 is 12.1 Å². The molecule has 0 atom stereocenters. The molecular weight excluding hydrogens is 432 g/mol. The van der Waals surface area contributed by atoms with Crippen LogP contribution in [0.2, 0.25) is 0 Å². The lowest BCUT2D eigenvalue weighted by atomic mass is 10.1. The first kappa shape index (κ1) is 28.5. The molecule has 1 rings (SSSR count). The quantitative estimate of drug-likeness (QED) is 0.119. The molecule has 33 heavy (non-hydrogen) atoms. The van der Waals surface area contributed by atoms with Crippen LogP contribution < -0.4 is 0 Å². The number of ether oxygens (including phenoxy) is 7. The molecule has 0 fully saturated rings. The molecule has 10 nitrogen and oxygen atoms in total. The monoisotopic (exact) mass is 467 g/mol. The van der Waals surface area contributed by atoms with Crippen molar-refractivity contribution in [1.29, 1.82) is 5.39 Å². The molecule has 0 bridgehead atoms. The van der Waals surface area contributed by atoms with E-state index in [4.69, 9.17) is 38.6 Å². The summed E-state index contributed by atoms with van der Waals surface area (Å²) in [6.07, 6.45) is 2.52. The lowest BCUT2D eigenvalue weighted by Gasteiger charge is -2.11. The minimum Gasteiger partial charge on any atom is -0.476 e. The summed E-state index contributed by atoms with van der Waals surface area (Å²) in [5, 5.41) is 17.7. The maximum atomic E-state index is 9.35. The highest BCUT2D eigenvalue weighted by molar-refractivity contribution is 5.26. The lowest BCUT2D eigenvalue weighted by Crippen LogP contribution is -2.14. The third-order valence-electron chi connectivity index (χ3n) is 4.02.